The third-order valence-corrected chi connectivity index (χ3v) is 3.66. The van der Waals surface area contributed by atoms with Crippen molar-refractivity contribution in [2.45, 2.75) is 57.3 Å². The first-order valence-corrected chi connectivity index (χ1v) is 7.87. The van der Waals surface area contributed by atoms with Crippen LogP contribution >= 0.6 is 0 Å². The topological polar surface area (TPSA) is 80.3 Å². The summed E-state index contributed by atoms with van der Waals surface area (Å²) in [6, 6.07) is 0. The Morgan fingerprint density at radius 1 is 1.16 bits per heavy atom. The highest BCUT2D eigenvalue weighted by atomic mass is 32.2. The van der Waals surface area contributed by atoms with Crippen molar-refractivity contribution < 1.29 is 31.5 Å². The molecule has 0 spiro atoms. The lowest BCUT2D eigenvalue weighted by Crippen LogP contribution is -2.57. The summed E-state index contributed by atoms with van der Waals surface area (Å²) in [5, 5.41) is 0. The zero-order chi connectivity index (χ0) is 14.4. The van der Waals surface area contributed by atoms with Gasteiger partial charge in [-0.1, -0.05) is 0 Å². The molecular weight excluding hydrogens is 276 g/mol. The van der Waals surface area contributed by atoms with Crippen molar-refractivity contribution in [3.05, 3.63) is 0 Å². The van der Waals surface area contributed by atoms with Crippen LogP contribution in [0.1, 0.15) is 20.8 Å². The van der Waals surface area contributed by atoms with Crippen LogP contribution in [0, 0.1) is 0 Å². The molecule has 0 aromatic rings. The Morgan fingerprint density at radius 2 is 1.74 bits per heavy atom. The molecule has 0 aromatic heterocycles. The van der Waals surface area contributed by atoms with E-state index in [0.717, 1.165) is 6.26 Å². The molecule has 2 heterocycles. The minimum absolute atomic E-state index is 0.488. The molecular formula is C11H20O7S. The van der Waals surface area contributed by atoms with Crippen LogP contribution in [0.5, 0.6) is 0 Å². The number of methoxy groups -OCH3 is 1. The molecule has 0 amide bonds. The van der Waals surface area contributed by atoms with Crippen molar-refractivity contribution in [3.8, 4) is 0 Å². The zero-order valence-corrected chi connectivity index (χ0v) is 12.5. The van der Waals surface area contributed by atoms with Crippen LogP contribution in [-0.2, 0) is 33.2 Å². The van der Waals surface area contributed by atoms with E-state index in [9.17, 15) is 8.42 Å². The molecule has 2 aliphatic rings. The lowest BCUT2D eigenvalue weighted by molar-refractivity contribution is -0.258. The summed E-state index contributed by atoms with van der Waals surface area (Å²) in [6.07, 6.45) is -1.94. The normalized spacial score (nSPS) is 42.1. The maximum Gasteiger partial charge on any atom is 0.264 e. The average Bonchev–Trinajstić information content (AvgIpc) is 2.56. The molecule has 7 nitrogen and oxygen atoms in total. The molecule has 5 atom stereocenters. The fourth-order valence-electron chi connectivity index (χ4n) is 2.44. The van der Waals surface area contributed by atoms with Crippen molar-refractivity contribution in [3.63, 3.8) is 0 Å². The van der Waals surface area contributed by atoms with Gasteiger partial charge in [-0.05, 0) is 20.8 Å². The van der Waals surface area contributed by atoms with Gasteiger partial charge in [-0.25, -0.2) is 0 Å². The molecule has 0 radical (unpaired) electrons. The molecule has 0 unspecified atom stereocenters. The molecule has 2 aliphatic heterocycles. The molecule has 0 saturated carbocycles. The minimum Gasteiger partial charge on any atom is -0.353 e. The molecule has 2 rings (SSSR count). The zero-order valence-electron chi connectivity index (χ0n) is 11.7. The number of hydrogen-bond acceptors (Lipinski definition) is 7. The van der Waals surface area contributed by atoms with Gasteiger partial charge in [-0.15, -0.1) is 0 Å². The second-order valence-corrected chi connectivity index (χ2v) is 6.88. The Morgan fingerprint density at radius 3 is 2.26 bits per heavy atom. The molecule has 0 N–H and O–H groups in total. The lowest BCUT2D eigenvalue weighted by atomic mass is 10.0. The second kappa shape index (κ2) is 4.94. The van der Waals surface area contributed by atoms with Crippen LogP contribution in [0.25, 0.3) is 0 Å². The van der Waals surface area contributed by atoms with E-state index in [0.29, 0.717) is 0 Å². The SMILES string of the molecule is CO[C@H]1O[C@H](C)[C@H](OS(C)(=O)=O)[C@@H]2OC(C)(C)O[C@H]12. The Kier molecular flexibility index (Phi) is 3.94. The van der Waals surface area contributed by atoms with Crippen LogP contribution in [0.2, 0.25) is 0 Å². The smallest absolute Gasteiger partial charge is 0.264 e. The first-order chi connectivity index (χ1) is 8.63. The Balaban J connectivity index is 2.25. The maximum atomic E-state index is 11.3. The summed E-state index contributed by atoms with van der Waals surface area (Å²) < 4.78 is 50.0. The van der Waals surface area contributed by atoms with Crippen molar-refractivity contribution in [2.75, 3.05) is 13.4 Å². The predicted octanol–water partition coefficient (Wildman–Crippen LogP) is 0.243. The molecule has 19 heavy (non-hydrogen) atoms. The Hall–Kier alpha value is -0.250. The van der Waals surface area contributed by atoms with Crippen LogP contribution in [0.4, 0.5) is 0 Å². The number of fused-ring (bicyclic) bond motifs is 1. The van der Waals surface area contributed by atoms with Gasteiger partial charge in [0.1, 0.15) is 18.3 Å². The van der Waals surface area contributed by atoms with Gasteiger partial charge in [0.05, 0.1) is 12.4 Å². The molecule has 112 valence electrons. The third kappa shape index (κ3) is 3.26. The van der Waals surface area contributed by atoms with Crippen LogP contribution in [0.3, 0.4) is 0 Å². The summed E-state index contributed by atoms with van der Waals surface area (Å²) >= 11 is 0. The largest absolute Gasteiger partial charge is 0.353 e. The summed E-state index contributed by atoms with van der Waals surface area (Å²) in [5.41, 5.74) is 0. The monoisotopic (exact) mass is 296 g/mol. The van der Waals surface area contributed by atoms with Gasteiger partial charge in [-0.2, -0.15) is 8.42 Å². The number of ether oxygens (including phenoxy) is 4. The summed E-state index contributed by atoms with van der Waals surface area (Å²) in [5.74, 6) is -0.835. The lowest BCUT2D eigenvalue weighted by Gasteiger charge is -2.39. The van der Waals surface area contributed by atoms with Crippen LogP contribution < -0.4 is 0 Å². The fourth-order valence-corrected chi connectivity index (χ4v) is 3.11. The van der Waals surface area contributed by atoms with Gasteiger partial charge in [0.2, 0.25) is 0 Å². The minimum atomic E-state index is -3.61. The first-order valence-electron chi connectivity index (χ1n) is 6.05. The predicted molar refractivity (Wildman–Crippen MR) is 64.9 cm³/mol. The highest BCUT2D eigenvalue weighted by Crippen LogP contribution is 2.39. The highest BCUT2D eigenvalue weighted by molar-refractivity contribution is 7.86. The molecule has 0 aliphatic carbocycles. The molecule has 0 bridgehead atoms. The Bertz CT molecular complexity index is 432. The molecule has 2 fully saturated rings. The van der Waals surface area contributed by atoms with Gasteiger partial charge in [-0.3, -0.25) is 4.18 Å². The molecule has 8 heteroatoms. The summed E-state index contributed by atoms with van der Waals surface area (Å²) in [6.45, 7) is 5.22. The van der Waals surface area contributed by atoms with E-state index in [1.807, 2.05) is 0 Å². The van der Waals surface area contributed by atoms with Crippen LogP contribution in [-0.4, -0.2) is 58.3 Å². The first kappa shape index (κ1) is 15.1. The standard InChI is InChI=1S/C11H20O7S/c1-6-7(18-19(5,12)13)8-9(10(14-4)15-6)17-11(2,3)16-8/h6-10H,1-5H3/t6-,7+,8+,9+,10+/m1/s1. The molecule has 2 saturated heterocycles. The van der Waals surface area contributed by atoms with Crippen molar-refractivity contribution in [1.29, 1.82) is 0 Å². The Labute approximate surface area is 113 Å². The van der Waals surface area contributed by atoms with Gasteiger partial charge in [0.25, 0.3) is 10.1 Å². The van der Waals surface area contributed by atoms with Crippen LogP contribution in [0.15, 0.2) is 0 Å². The van der Waals surface area contributed by atoms with Gasteiger partial charge < -0.3 is 18.9 Å². The number of hydrogen-bond donors (Lipinski definition) is 0. The van der Waals surface area contributed by atoms with Gasteiger partial charge in [0, 0.05) is 7.11 Å². The third-order valence-electron chi connectivity index (χ3n) is 3.09. The number of rotatable bonds is 3. The van der Waals surface area contributed by atoms with E-state index in [1.54, 1.807) is 20.8 Å². The maximum absolute atomic E-state index is 11.3. The summed E-state index contributed by atoms with van der Waals surface area (Å²) in [4.78, 5) is 0. The van der Waals surface area contributed by atoms with E-state index in [4.69, 9.17) is 23.1 Å². The van der Waals surface area contributed by atoms with Crippen molar-refractivity contribution in [1.82, 2.24) is 0 Å². The average molecular weight is 296 g/mol. The van der Waals surface area contributed by atoms with Gasteiger partial charge >= 0.3 is 0 Å². The highest BCUT2D eigenvalue weighted by Gasteiger charge is 2.55. The van der Waals surface area contributed by atoms with Crippen molar-refractivity contribution >= 4 is 10.1 Å². The van der Waals surface area contributed by atoms with E-state index in [1.165, 1.54) is 7.11 Å². The quantitative estimate of drug-likeness (QED) is 0.690. The molecule has 0 aromatic carbocycles. The van der Waals surface area contributed by atoms with Gasteiger partial charge in [0.15, 0.2) is 12.1 Å². The van der Waals surface area contributed by atoms with E-state index < -0.39 is 46.6 Å². The van der Waals surface area contributed by atoms with E-state index in [2.05, 4.69) is 0 Å². The van der Waals surface area contributed by atoms with E-state index in [-0.39, 0.29) is 0 Å². The summed E-state index contributed by atoms with van der Waals surface area (Å²) in [7, 11) is -2.11. The fraction of sp³-hybridized carbons (Fsp3) is 1.00. The second-order valence-electron chi connectivity index (χ2n) is 5.28. The van der Waals surface area contributed by atoms with E-state index >= 15 is 0 Å². The van der Waals surface area contributed by atoms with Crippen molar-refractivity contribution in [2.24, 2.45) is 0 Å².